The van der Waals surface area contributed by atoms with Crippen molar-refractivity contribution in [3.05, 3.63) is 119 Å². The second-order valence-electron chi connectivity index (χ2n) is 9.87. The first kappa shape index (κ1) is 27.2. The second kappa shape index (κ2) is 11.0. The molecule has 4 aromatic rings. The van der Waals surface area contributed by atoms with Crippen LogP contribution in [-0.2, 0) is 11.0 Å². The van der Waals surface area contributed by atoms with E-state index in [2.05, 4.69) is 15.1 Å². The third kappa shape index (κ3) is 5.93. The molecule has 1 aliphatic heterocycles. The van der Waals surface area contributed by atoms with Crippen LogP contribution in [0.4, 0.5) is 17.6 Å². The third-order valence-electron chi connectivity index (χ3n) is 6.82. The van der Waals surface area contributed by atoms with E-state index in [4.69, 9.17) is 4.84 Å². The number of hydrogen-bond acceptors (Lipinski definition) is 5. The number of benzene rings is 2. The quantitative estimate of drug-likeness (QED) is 0.175. The summed E-state index contributed by atoms with van der Waals surface area (Å²) in [7, 11) is 0. The first-order valence-electron chi connectivity index (χ1n) is 12.7. The van der Waals surface area contributed by atoms with Crippen LogP contribution in [0.15, 0.2) is 84.3 Å². The van der Waals surface area contributed by atoms with E-state index in [1.165, 1.54) is 12.1 Å². The highest BCUT2D eigenvalue weighted by atomic mass is 19.4. The molecule has 0 radical (unpaired) electrons. The van der Waals surface area contributed by atoms with Crippen molar-refractivity contribution in [3.8, 4) is 11.1 Å². The highest BCUT2D eigenvalue weighted by Crippen LogP contribution is 2.33. The van der Waals surface area contributed by atoms with Gasteiger partial charge in [0, 0.05) is 53.5 Å². The Balaban J connectivity index is 1.45. The molecule has 2 aromatic heterocycles. The molecule has 204 valence electrons. The Kier molecular flexibility index (Phi) is 7.47. The molecule has 5 nitrogen and oxygen atoms in total. The lowest BCUT2D eigenvalue weighted by atomic mass is 9.91. The monoisotopic (exact) mass is 547 g/mol. The van der Waals surface area contributed by atoms with E-state index in [9.17, 15) is 22.4 Å². The van der Waals surface area contributed by atoms with Gasteiger partial charge in [0.25, 0.3) is 0 Å². The number of pyridine rings is 2. The fraction of sp³-hybridized carbons (Fsp3) is 0.226. The molecule has 0 N–H and O–H groups in total. The van der Waals surface area contributed by atoms with Gasteiger partial charge in [-0.3, -0.25) is 14.8 Å². The zero-order valence-corrected chi connectivity index (χ0v) is 21.7. The number of aromatic nitrogens is 2. The molecule has 0 spiro atoms. The molecule has 0 amide bonds. The van der Waals surface area contributed by atoms with Gasteiger partial charge in [0.15, 0.2) is 11.9 Å². The number of carbonyl (C=O) groups excluding carboxylic acids is 1. The molecule has 9 heteroatoms. The molecule has 1 unspecified atom stereocenters. The molecule has 3 heterocycles. The van der Waals surface area contributed by atoms with Crippen LogP contribution in [-0.4, -0.2) is 21.5 Å². The summed E-state index contributed by atoms with van der Waals surface area (Å²) in [5.74, 6) is -1.13. The van der Waals surface area contributed by atoms with Crippen LogP contribution in [0.3, 0.4) is 0 Å². The molecule has 5 rings (SSSR count). The Labute approximate surface area is 228 Å². The average molecular weight is 548 g/mol. The zero-order valence-electron chi connectivity index (χ0n) is 21.7. The Morgan fingerprint density at radius 2 is 1.82 bits per heavy atom. The maximum Gasteiger partial charge on any atom is 0.417 e. The highest BCUT2D eigenvalue weighted by Gasteiger charge is 2.31. The van der Waals surface area contributed by atoms with Crippen molar-refractivity contribution in [3.63, 3.8) is 0 Å². The van der Waals surface area contributed by atoms with Gasteiger partial charge >= 0.3 is 6.18 Å². The van der Waals surface area contributed by atoms with Gasteiger partial charge in [0.2, 0.25) is 0 Å². The maximum atomic E-state index is 15.0. The maximum absolute atomic E-state index is 15.0. The van der Waals surface area contributed by atoms with Gasteiger partial charge in [0.05, 0.1) is 17.0 Å². The number of halogens is 4. The molecule has 0 saturated carbocycles. The summed E-state index contributed by atoms with van der Waals surface area (Å²) in [6, 6.07) is 17.7. The minimum absolute atomic E-state index is 0.00280. The number of hydrogen-bond donors (Lipinski definition) is 0. The molecule has 2 aromatic carbocycles. The zero-order chi connectivity index (χ0) is 28.4. The van der Waals surface area contributed by atoms with Crippen LogP contribution in [0.2, 0.25) is 0 Å². The summed E-state index contributed by atoms with van der Waals surface area (Å²) in [6.45, 7) is 3.52. The second-order valence-corrected chi connectivity index (χ2v) is 9.87. The van der Waals surface area contributed by atoms with E-state index in [-0.39, 0.29) is 18.3 Å². The van der Waals surface area contributed by atoms with Gasteiger partial charge in [-0.15, -0.1) is 0 Å². The number of Topliss-reactive ketones (excluding diaryl/α,β-unsaturated/α-hetero) is 1. The summed E-state index contributed by atoms with van der Waals surface area (Å²) in [5.41, 5.74) is 3.37. The van der Waals surface area contributed by atoms with Crippen molar-refractivity contribution >= 4 is 11.5 Å². The largest absolute Gasteiger partial charge is 0.417 e. The van der Waals surface area contributed by atoms with E-state index in [0.717, 1.165) is 23.5 Å². The van der Waals surface area contributed by atoms with Crippen LogP contribution >= 0.6 is 0 Å². The summed E-state index contributed by atoms with van der Waals surface area (Å²) in [5, 5.41) is 4.24. The summed E-state index contributed by atoms with van der Waals surface area (Å²) < 4.78 is 53.7. The van der Waals surface area contributed by atoms with Gasteiger partial charge in [-0.25, -0.2) is 4.39 Å². The van der Waals surface area contributed by atoms with Crippen LogP contribution in [0.25, 0.3) is 11.1 Å². The molecule has 2 atom stereocenters. The molecule has 1 aliphatic rings. The van der Waals surface area contributed by atoms with Crippen molar-refractivity contribution in [1.29, 1.82) is 0 Å². The SMILES string of the molecule is Cc1ccc(-c2cc(C(=O)C[C@H](C)c3ccc(C(F)(F)F)cn3)cc(C3=NOC(c4ccccn4)C3)c2)c(F)c1. The van der Waals surface area contributed by atoms with E-state index < -0.39 is 23.5 Å². The first-order valence-corrected chi connectivity index (χ1v) is 12.7. The fourth-order valence-electron chi connectivity index (χ4n) is 4.60. The first-order chi connectivity index (χ1) is 19.1. The molecule has 0 bridgehead atoms. The number of aryl methyl sites for hydroxylation is 1. The van der Waals surface area contributed by atoms with E-state index in [1.807, 2.05) is 12.1 Å². The lowest BCUT2D eigenvalue weighted by Gasteiger charge is -2.14. The fourth-order valence-corrected chi connectivity index (χ4v) is 4.60. The van der Waals surface area contributed by atoms with Gasteiger partial charge < -0.3 is 4.84 Å². The molecule has 0 aliphatic carbocycles. The van der Waals surface area contributed by atoms with E-state index in [0.29, 0.717) is 40.1 Å². The smallest absolute Gasteiger partial charge is 0.385 e. The van der Waals surface area contributed by atoms with Gasteiger partial charge in [0.1, 0.15) is 5.82 Å². The summed E-state index contributed by atoms with van der Waals surface area (Å²) in [4.78, 5) is 27.3. The predicted molar refractivity (Wildman–Crippen MR) is 142 cm³/mol. The molecule has 0 fully saturated rings. The molecule has 0 saturated heterocycles. The number of ketones is 1. The highest BCUT2D eigenvalue weighted by molar-refractivity contribution is 6.06. The normalized spacial score (nSPS) is 15.8. The molecule has 40 heavy (non-hydrogen) atoms. The minimum Gasteiger partial charge on any atom is -0.385 e. The van der Waals surface area contributed by atoms with E-state index >= 15 is 0 Å². The summed E-state index contributed by atoms with van der Waals surface area (Å²) >= 11 is 0. The Morgan fingerprint density at radius 1 is 1.02 bits per heavy atom. The van der Waals surface area contributed by atoms with Crippen molar-refractivity contribution in [2.24, 2.45) is 5.16 Å². The van der Waals surface area contributed by atoms with Crippen molar-refractivity contribution < 1.29 is 27.2 Å². The van der Waals surface area contributed by atoms with Crippen molar-refractivity contribution in [2.75, 3.05) is 0 Å². The lowest BCUT2D eigenvalue weighted by molar-refractivity contribution is -0.137. The van der Waals surface area contributed by atoms with Crippen LogP contribution < -0.4 is 0 Å². The molecular weight excluding hydrogens is 522 g/mol. The van der Waals surface area contributed by atoms with Crippen molar-refractivity contribution in [2.45, 2.75) is 44.9 Å². The van der Waals surface area contributed by atoms with E-state index in [1.54, 1.807) is 56.4 Å². The summed E-state index contributed by atoms with van der Waals surface area (Å²) in [6.07, 6.45) is -2.03. The van der Waals surface area contributed by atoms with Crippen molar-refractivity contribution in [1.82, 2.24) is 9.97 Å². The van der Waals surface area contributed by atoms with Gasteiger partial charge in [-0.2, -0.15) is 13.2 Å². The standard InChI is InChI=1S/C31H25F4N3O2/c1-18-6-8-24(25(32)11-18)20-13-21(28-16-30(40-38-28)27-5-3-4-10-36-27)15-22(14-20)29(39)12-19(2)26-9-7-23(17-37-26)31(33,34)35/h3-11,13-15,17,19,30H,12,16H2,1-2H3/t19-,30?/m0/s1. The van der Waals surface area contributed by atoms with Crippen LogP contribution in [0.1, 0.15) is 70.2 Å². The van der Waals surface area contributed by atoms with Crippen LogP contribution in [0, 0.1) is 12.7 Å². The number of alkyl halides is 3. The third-order valence-corrected chi connectivity index (χ3v) is 6.82. The number of carbonyl (C=O) groups is 1. The number of nitrogens with zero attached hydrogens (tertiary/aromatic N) is 3. The Morgan fingerprint density at radius 3 is 2.50 bits per heavy atom. The lowest BCUT2D eigenvalue weighted by Crippen LogP contribution is -2.10. The number of rotatable bonds is 7. The minimum atomic E-state index is -4.49. The van der Waals surface area contributed by atoms with Gasteiger partial charge in [-0.1, -0.05) is 30.3 Å². The Hall–Kier alpha value is -4.40. The molecular formula is C31H25F4N3O2. The van der Waals surface area contributed by atoms with Gasteiger partial charge in [-0.05, 0) is 66.6 Å². The topological polar surface area (TPSA) is 64.4 Å². The number of oxime groups is 1. The van der Waals surface area contributed by atoms with Crippen LogP contribution in [0.5, 0.6) is 0 Å². The average Bonchev–Trinajstić information content (AvgIpc) is 3.43. The predicted octanol–water partition coefficient (Wildman–Crippen LogP) is 7.85. The Bertz CT molecular complexity index is 1570.